The Labute approximate surface area is 116 Å². The number of anilines is 1. The molecule has 0 radical (unpaired) electrons. The Morgan fingerprint density at radius 3 is 2.68 bits per heavy atom. The highest BCUT2D eigenvalue weighted by Crippen LogP contribution is 2.20. The van der Waals surface area contributed by atoms with Gasteiger partial charge >= 0.3 is 0 Å². The zero-order chi connectivity index (χ0) is 13.7. The van der Waals surface area contributed by atoms with Crippen molar-refractivity contribution >= 4 is 5.69 Å². The van der Waals surface area contributed by atoms with Gasteiger partial charge in [0.1, 0.15) is 0 Å². The Balaban J connectivity index is 1.96. The molecule has 0 spiro atoms. The molecule has 19 heavy (non-hydrogen) atoms. The van der Waals surface area contributed by atoms with Gasteiger partial charge in [-0.2, -0.15) is 0 Å². The second kappa shape index (κ2) is 6.92. The van der Waals surface area contributed by atoms with Gasteiger partial charge in [0.15, 0.2) is 0 Å². The van der Waals surface area contributed by atoms with E-state index < -0.39 is 0 Å². The second-order valence-electron chi connectivity index (χ2n) is 5.42. The molecule has 2 atom stereocenters. The zero-order valence-electron chi connectivity index (χ0n) is 12.4. The fourth-order valence-electron chi connectivity index (χ4n) is 2.80. The molecular formula is C16H26N2O. The molecule has 106 valence electrons. The van der Waals surface area contributed by atoms with Crippen molar-refractivity contribution in [1.29, 1.82) is 0 Å². The Kier molecular flexibility index (Phi) is 5.23. The van der Waals surface area contributed by atoms with Gasteiger partial charge in [-0.25, -0.2) is 0 Å². The summed E-state index contributed by atoms with van der Waals surface area (Å²) in [5.74, 6) is 0.564. The summed E-state index contributed by atoms with van der Waals surface area (Å²) in [4.78, 5) is 2.34. The average molecular weight is 262 g/mol. The van der Waals surface area contributed by atoms with Crippen LogP contribution >= 0.6 is 0 Å². The third-order valence-electron chi connectivity index (χ3n) is 4.14. The fraction of sp³-hybridized carbons (Fsp3) is 0.625. The van der Waals surface area contributed by atoms with Crippen molar-refractivity contribution in [3.63, 3.8) is 0 Å². The number of aryl methyl sites for hydroxylation is 1. The van der Waals surface area contributed by atoms with Crippen molar-refractivity contribution in [1.82, 2.24) is 5.32 Å². The first-order valence-corrected chi connectivity index (χ1v) is 7.29. The largest absolute Gasteiger partial charge is 0.381 e. The van der Waals surface area contributed by atoms with E-state index in [2.05, 4.69) is 55.5 Å². The number of nitrogens with zero attached hydrogens (tertiary/aromatic N) is 1. The van der Waals surface area contributed by atoms with Gasteiger partial charge in [0.05, 0.1) is 6.61 Å². The molecule has 3 nitrogen and oxygen atoms in total. The number of benzene rings is 1. The third-order valence-corrected chi connectivity index (χ3v) is 4.14. The van der Waals surface area contributed by atoms with Crippen LogP contribution in [0.25, 0.3) is 0 Å². The number of rotatable bonds is 5. The van der Waals surface area contributed by atoms with E-state index in [1.165, 1.54) is 11.3 Å². The Morgan fingerprint density at radius 1 is 1.32 bits per heavy atom. The highest BCUT2D eigenvalue weighted by Gasteiger charge is 2.25. The predicted octanol–water partition coefficient (Wildman–Crippen LogP) is 2.31. The summed E-state index contributed by atoms with van der Waals surface area (Å²) in [6.07, 6.45) is 2.21. The SMILES string of the molecule is CCc1ccc(N(C)CC2COCCC2NC)cc1. The smallest absolute Gasteiger partial charge is 0.0526 e. The first-order chi connectivity index (χ1) is 9.24. The van der Waals surface area contributed by atoms with Crippen LogP contribution in [0.5, 0.6) is 0 Å². The van der Waals surface area contributed by atoms with E-state index in [1.54, 1.807) is 0 Å². The molecule has 0 saturated carbocycles. The lowest BCUT2D eigenvalue weighted by Gasteiger charge is -2.34. The first-order valence-electron chi connectivity index (χ1n) is 7.29. The quantitative estimate of drug-likeness (QED) is 0.881. The minimum atomic E-state index is 0.564. The standard InChI is InChI=1S/C16H26N2O/c1-4-13-5-7-15(8-6-13)18(3)11-14-12-19-10-9-16(14)17-2/h5-8,14,16-17H,4,9-12H2,1-3H3. The number of ether oxygens (including phenoxy) is 1. The molecule has 1 N–H and O–H groups in total. The molecule has 0 amide bonds. The molecule has 1 heterocycles. The minimum Gasteiger partial charge on any atom is -0.381 e. The Bertz CT molecular complexity index is 377. The summed E-state index contributed by atoms with van der Waals surface area (Å²) >= 11 is 0. The van der Waals surface area contributed by atoms with Crippen LogP contribution in [0.3, 0.4) is 0 Å². The van der Waals surface area contributed by atoms with Gasteiger partial charge in [0.25, 0.3) is 0 Å². The topological polar surface area (TPSA) is 24.5 Å². The molecule has 1 aliphatic heterocycles. The van der Waals surface area contributed by atoms with Gasteiger partial charge < -0.3 is 15.0 Å². The maximum Gasteiger partial charge on any atom is 0.0526 e. The monoisotopic (exact) mass is 262 g/mol. The molecule has 2 rings (SSSR count). The number of hydrogen-bond acceptors (Lipinski definition) is 3. The van der Waals surface area contributed by atoms with E-state index >= 15 is 0 Å². The lowest BCUT2D eigenvalue weighted by molar-refractivity contribution is 0.0371. The van der Waals surface area contributed by atoms with Crippen LogP contribution in [-0.4, -0.2) is 39.9 Å². The van der Waals surface area contributed by atoms with E-state index in [4.69, 9.17) is 4.74 Å². The molecule has 0 bridgehead atoms. The summed E-state index contributed by atoms with van der Waals surface area (Å²) < 4.78 is 5.62. The molecule has 1 aliphatic rings. The van der Waals surface area contributed by atoms with Crippen molar-refractivity contribution in [3.05, 3.63) is 29.8 Å². The molecule has 1 aromatic rings. The van der Waals surface area contributed by atoms with Crippen LogP contribution in [0.2, 0.25) is 0 Å². The maximum absolute atomic E-state index is 5.62. The summed E-state index contributed by atoms with van der Waals surface area (Å²) in [5, 5.41) is 3.42. The van der Waals surface area contributed by atoms with E-state index in [1.807, 2.05) is 0 Å². The van der Waals surface area contributed by atoms with Crippen LogP contribution in [0.4, 0.5) is 5.69 Å². The molecule has 0 aromatic heterocycles. The first kappa shape index (κ1) is 14.4. The van der Waals surface area contributed by atoms with Crippen LogP contribution in [0, 0.1) is 5.92 Å². The summed E-state index contributed by atoms with van der Waals surface area (Å²) in [5.41, 5.74) is 2.68. The van der Waals surface area contributed by atoms with Crippen molar-refractivity contribution < 1.29 is 4.74 Å². The fourth-order valence-corrected chi connectivity index (χ4v) is 2.80. The van der Waals surface area contributed by atoms with Crippen LogP contribution in [0.1, 0.15) is 18.9 Å². The van der Waals surface area contributed by atoms with Crippen molar-refractivity contribution in [2.45, 2.75) is 25.8 Å². The molecule has 0 aliphatic carbocycles. The van der Waals surface area contributed by atoms with Gasteiger partial charge in [-0.05, 0) is 37.6 Å². The highest BCUT2D eigenvalue weighted by atomic mass is 16.5. The Hall–Kier alpha value is -1.06. The van der Waals surface area contributed by atoms with Crippen LogP contribution in [-0.2, 0) is 11.2 Å². The van der Waals surface area contributed by atoms with Gasteiger partial charge in [0.2, 0.25) is 0 Å². The predicted molar refractivity (Wildman–Crippen MR) is 80.9 cm³/mol. The lowest BCUT2D eigenvalue weighted by Crippen LogP contribution is -2.46. The van der Waals surface area contributed by atoms with E-state index in [-0.39, 0.29) is 0 Å². The molecule has 1 saturated heterocycles. The Morgan fingerprint density at radius 2 is 2.05 bits per heavy atom. The summed E-state index contributed by atoms with van der Waals surface area (Å²) in [6.45, 7) is 4.98. The average Bonchev–Trinajstić information content (AvgIpc) is 2.48. The summed E-state index contributed by atoms with van der Waals surface area (Å²) in [7, 11) is 4.22. The molecule has 3 heteroatoms. The van der Waals surface area contributed by atoms with Gasteiger partial charge in [-0.15, -0.1) is 0 Å². The van der Waals surface area contributed by atoms with Crippen LogP contribution in [0.15, 0.2) is 24.3 Å². The normalized spacial score (nSPS) is 23.3. The highest BCUT2D eigenvalue weighted by molar-refractivity contribution is 5.47. The van der Waals surface area contributed by atoms with E-state index in [0.29, 0.717) is 12.0 Å². The molecule has 2 unspecified atom stereocenters. The molecule has 1 fully saturated rings. The zero-order valence-corrected chi connectivity index (χ0v) is 12.4. The second-order valence-corrected chi connectivity index (χ2v) is 5.42. The van der Waals surface area contributed by atoms with Crippen molar-refractivity contribution in [2.24, 2.45) is 5.92 Å². The molecular weight excluding hydrogens is 236 g/mol. The number of nitrogens with one attached hydrogen (secondary N) is 1. The summed E-state index contributed by atoms with van der Waals surface area (Å²) in [6, 6.07) is 9.46. The lowest BCUT2D eigenvalue weighted by atomic mass is 9.95. The van der Waals surface area contributed by atoms with Gasteiger partial charge in [-0.1, -0.05) is 19.1 Å². The van der Waals surface area contributed by atoms with E-state index in [9.17, 15) is 0 Å². The maximum atomic E-state index is 5.62. The molecule has 1 aromatic carbocycles. The van der Waals surface area contributed by atoms with Crippen molar-refractivity contribution in [2.75, 3.05) is 38.8 Å². The van der Waals surface area contributed by atoms with Gasteiger partial charge in [-0.3, -0.25) is 0 Å². The third kappa shape index (κ3) is 3.71. The van der Waals surface area contributed by atoms with Crippen molar-refractivity contribution in [3.8, 4) is 0 Å². The minimum absolute atomic E-state index is 0.564. The van der Waals surface area contributed by atoms with Gasteiger partial charge in [0, 0.05) is 37.8 Å². The van der Waals surface area contributed by atoms with Crippen LogP contribution < -0.4 is 10.2 Å². The van der Waals surface area contributed by atoms with E-state index in [0.717, 1.165) is 32.6 Å². The number of hydrogen-bond donors (Lipinski definition) is 1.